The Hall–Kier alpha value is -4.12. The van der Waals surface area contributed by atoms with Crippen LogP contribution in [0.4, 0.5) is 0 Å². The highest BCUT2D eigenvalue weighted by molar-refractivity contribution is 8.18. The van der Waals surface area contributed by atoms with Crippen LogP contribution < -0.4 is 34.0 Å². The number of ketones is 2. The Morgan fingerprint density at radius 1 is 0.750 bits per heavy atom. The second kappa shape index (κ2) is 15.1. The van der Waals surface area contributed by atoms with Gasteiger partial charge in [-0.05, 0) is 44.2 Å². The summed E-state index contributed by atoms with van der Waals surface area (Å²) in [6.07, 6.45) is 5.11. The molecule has 7 aliphatic rings. The van der Waals surface area contributed by atoms with Gasteiger partial charge in [0, 0.05) is 86.1 Å². The largest absolute Gasteiger partial charge is 0.453 e. The van der Waals surface area contributed by atoms with Crippen molar-refractivity contribution in [1.82, 2.24) is 4.90 Å². The number of hydrogen-bond acceptors (Lipinski definition) is 15. The van der Waals surface area contributed by atoms with Crippen LogP contribution in [0.1, 0.15) is 111 Å². The maximum absolute atomic E-state index is 13.7. The lowest BCUT2D eigenvalue weighted by Crippen LogP contribution is -2.58. The molecule has 16 heteroatoms. The fraction of sp³-hybridized carbons (Fsp3) is 0.591. The number of carbonyl (C=O) groups is 3. The van der Waals surface area contributed by atoms with Crippen molar-refractivity contribution in [1.29, 1.82) is 0 Å². The minimum absolute atomic E-state index is 0.0713. The Bertz CT molecular complexity index is 2250. The van der Waals surface area contributed by atoms with E-state index < -0.39 is 17.9 Å². The van der Waals surface area contributed by atoms with Crippen LogP contribution in [0.15, 0.2) is 27.4 Å². The Morgan fingerprint density at radius 3 is 1.92 bits per heavy atom. The highest BCUT2D eigenvalue weighted by Crippen LogP contribution is 2.60. The molecule has 0 N–H and O–H groups in total. The average Bonchev–Trinajstić information content (AvgIpc) is 3.97. The second-order valence-corrected chi connectivity index (χ2v) is 20.2. The van der Waals surface area contributed by atoms with Gasteiger partial charge in [0.05, 0.1) is 17.3 Å². The third kappa shape index (κ3) is 6.89. The molecule has 3 aromatic rings. The average molecular weight is 864 g/mol. The normalized spacial score (nSPS) is 22.6. The Balaban J connectivity index is 0.720. The summed E-state index contributed by atoms with van der Waals surface area (Å²) in [5.41, 5.74) is 1.28. The minimum Gasteiger partial charge on any atom is -0.453 e. The van der Waals surface area contributed by atoms with E-state index in [9.17, 15) is 19.2 Å². The molecule has 3 saturated heterocycles. The zero-order chi connectivity index (χ0) is 41.4. The van der Waals surface area contributed by atoms with Gasteiger partial charge in [0.25, 0.3) is 5.79 Å². The van der Waals surface area contributed by atoms with E-state index in [-0.39, 0.29) is 92.8 Å². The number of amides is 1. The van der Waals surface area contributed by atoms with Crippen molar-refractivity contribution < 1.29 is 56.7 Å². The zero-order valence-electron chi connectivity index (χ0n) is 34.1. The monoisotopic (exact) mass is 863 g/mol. The molecule has 2 aromatic carbocycles. The van der Waals surface area contributed by atoms with Crippen molar-refractivity contribution >= 4 is 52.0 Å². The Labute approximate surface area is 355 Å². The van der Waals surface area contributed by atoms with Gasteiger partial charge in [-0.2, -0.15) is 0 Å². The molecule has 320 valence electrons. The lowest BCUT2D eigenvalue weighted by atomic mass is 9.91. The number of nitrogens with zero attached hydrogens (tertiary/aromatic N) is 1. The number of ether oxygens (including phenoxy) is 8. The molecule has 1 aliphatic carbocycles. The van der Waals surface area contributed by atoms with E-state index in [1.54, 1.807) is 11.0 Å². The number of Topliss-reactive ketones (excluding diaryl/α,β-unsaturated/α-hetero) is 2. The van der Waals surface area contributed by atoms with Crippen LogP contribution in [0.5, 0.6) is 34.5 Å². The number of likely N-dealkylation sites (tertiary alicyclic amines) is 1. The summed E-state index contributed by atoms with van der Waals surface area (Å²) >= 11 is 4.01. The maximum atomic E-state index is 13.7. The molecule has 0 atom stereocenters. The van der Waals surface area contributed by atoms with Crippen LogP contribution in [0, 0.1) is 12.3 Å². The molecule has 1 amide bonds. The van der Waals surface area contributed by atoms with Gasteiger partial charge in [-0.15, -0.1) is 23.5 Å². The van der Waals surface area contributed by atoms with Gasteiger partial charge >= 0.3 is 5.63 Å². The quantitative estimate of drug-likeness (QED) is 0.161. The Morgan fingerprint density at radius 2 is 1.33 bits per heavy atom. The highest BCUT2D eigenvalue weighted by atomic mass is 32.2. The van der Waals surface area contributed by atoms with Gasteiger partial charge in [-0.1, -0.05) is 13.8 Å². The summed E-state index contributed by atoms with van der Waals surface area (Å²) in [7, 11) is 0. The number of hydrogen-bond donors (Lipinski definition) is 0. The molecule has 0 radical (unpaired) electrons. The van der Waals surface area contributed by atoms with Crippen molar-refractivity contribution in [2.45, 2.75) is 113 Å². The van der Waals surface area contributed by atoms with E-state index >= 15 is 0 Å². The van der Waals surface area contributed by atoms with Crippen molar-refractivity contribution in [3.8, 4) is 34.5 Å². The number of benzene rings is 2. The molecule has 0 bridgehead atoms. The van der Waals surface area contributed by atoms with Gasteiger partial charge in [0.2, 0.25) is 19.0 Å². The molecular formula is C44H49NO13S2. The third-order valence-electron chi connectivity index (χ3n) is 12.9. The smallest absolute Gasteiger partial charge is 0.336 e. The first-order valence-corrected chi connectivity index (χ1v) is 23.1. The minimum atomic E-state index is -1.02. The summed E-state index contributed by atoms with van der Waals surface area (Å²) in [5.74, 6) is 1.88. The second-order valence-electron chi connectivity index (χ2n) is 17.2. The SMILES string of the molecule is CCCC(=O)c1c2c(c(C(=O)CCC)c3c1OC(CC(=O)N1CCC4(CC1)OCC1(CO4)CSC4(CCC5(CC4)Oc4cc6oc(=O)cc(C)c6cc4O5)SC1)O3)OCO2. The van der Waals surface area contributed by atoms with E-state index in [1.807, 2.05) is 50.4 Å². The highest BCUT2D eigenvalue weighted by Gasteiger charge is 2.55. The van der Waals surface area contributed by atoms with Gasteiger partial charge < -0.3 is 47.2 Å². The van der Waals surface area contributed by atoms with E-state index in [0.717, 1.165) is 48.1 Å². The van der Waals surface area contributed by atoms with Crippen LogP contribution in [0.3, 0.4) is 0 Å². The summed E-state index contributed by atoms with van der Waals surface area (Å²) in [4.78, 5) is 54.1. The molecule has 10 rings (SSSR count). The first-order valence-electron chi connectivity index (χ1n) is 21.1. The topological polar surface area (TPSA) is 158 Å². The van der Waals surface area contributed by atoms with Crippen LogP contribution in [0.25, 0.3) is 11.0 Å². The number of aryl methyl sites for hydroxylation is 1. The molecule has 4 spiro atoms. The first kappa shape index (κ1) is 40.0. The molecule has 1 aromatic heterocycles. The first-order chi connectivity index (χ1) is 28.9. The van der Waals surface area contributed by atoms with E-state index in [2.05, 4.69) is 0 Å². The predicted octanol–water partition coefficient (Wildman–Crippen LogP) is 7.55. The van der Waals surface area contributed by atoms with Gasteiger partial charge in [0.1, 0.15) is 23.1 Å². The molecule has 0 unspecified atom stereocenters. The number of rotatable bonds is 8. The fourth-order valence-electron chi connectivity index (χ4n) is 9.43. The number of carbonyl (C=O) groups excluding carboxylic acids is 3. The molecule has 7 heterocycles. The maximum Gasteiger partial charge on any atom is 0.336 e. The number of fused-ring (bicyclic) bond motifs is 4. The van der Waals surface area contributed by atoms with Gasteiger partial charge in [0.15, 0.2) is 51.9 Å². The molecule has 14 nitrogen and oxygen atoms in total. The van der Waals surface area contributed by atoms with E-state index in [0.29, 0.717) is 69.1 Å². The van der Waals surface area contributed by atoms with Crippen molar-refractivity contribution in [2.24, 2.45) is 5.41 Å². The van der Waals surface area contributed by atoms with Crippen LogP contribution >= 0.6 is 23.5 Å². The summed E-state index contributed by atoms with van der Waals surface area (Å²) in [6.45, 7) is 7.70. The zero-order valence-corrected chi connectivity index (χ0v) is 35.7. The summed E-state index contributed by atoms with van der Waals surface area (Å²) in [5, 5.41) is 0.849. The van der Waals surface area contributed by atoms with Crippen molar-refractivity contribution in [3.05, 3.63) is 45.3 Å². The fourth-order valence-corrected chi connectivity index (χ4v) is 12.9. The molecule has 6 aliphatic heterocycles. The van der Waals surface area contributed by atoms with E-state index in [1.165, 1.54) is 6.07 Å². The number of thioether (sulfide) groups is 2. The van der Waals surface area contributed by atoms with E-state index in [4.69, 9.17) is 42.3 Å². The molecular weight excluding hydrogens is 815 g/mol. The molecule has 60 heavy (non-hydrogen) atoms. The predicted molar refractivity (Wildman–Crippen MR) is 221 cm³/mol. The molecule has 1 saturated carbocycles. The van der Waals surface area contributed by atoms with Crippen molar-refractivity contribution in [2.75, 3.05) is 44.6 Å². The van der Waals surface area contributed by atoms with Gasteiger partial charge in [-0.3, -0.25) is 14.4 Å². The molecule has 4 fully saturated rings. The summed E-state index contributed by atoms with van der Waals surface area (Å²) in [6, 6.07) is 5.20. The standard InChI is InChI=1S/C44H49NO13S2/c1-4-6-27(46)35-37-38(51-24-50-37)36(28(47)7-5-2)40-39(35)55-34(56-40)19-32(48)45-14-12-42(13-15-45)52-20-41(21-53-42)22-59-44(60-23-41)10-8-43(9-11-44)57-30-17-26-25(3)16-33(49)54-29(26)18-31(30)58-43/h16-18,34H,4-15,19-24H2,1-3H3. The lowest BCUT2D eigenvalue weighted by molar-refractivity contribution is -0.310. The van der Waals surface area contributed by atoms with Crippen LogP contribution in [-0.2, 0) is 14.3 Å². The Kier molecular flexibility index (Phi) is 10.0. The van der Waals surface area contributed by atoms with Crippen LogP contribution in [0.2, 0.25) is 0 Å². The van der Waals surface area contributed by atoms with Gasteiger partial charge in [-0.25, -0.2) is 4.79 Å². The lowest BCUT2D eigenvalue weighted by Gasteiger charge is -2.53. The third-order valence-corrected chi connectivity index (χ3v) is 17.0. The van der Waals surface area contributed by atoms with Crippen molar-refractivity contribution in [3.63, 3.8) is 0 Å². The van der Waals surface area contributed by atoms with Crippen LogP contribution in [-0.4, -0.2) is 88.9 Å². The summed E-state index contributed by atoms with van der Waals surface area (Å²) < 4.78 is 55.4. The number of piperidine rings is 1.